The van der Waals surface area contributed by atoms with Crippen molar-refractivity contribution in [1.82, 2.24) is 10.2 Å². The van der Waals surface area contributed by atoms with Gasteiger partial charge < -0.3 is 10.2 Å². The lowest BCUT2D eigenvalue weighted by atomic mass is 9.68. The Balaban J connectivity index is 1.92. The van der Waals surface area contributed by atoms with Crippen LogP contribution in [0, 0.1) is 5.41 Å². The van der Waals surface area contributed by atoms with Crippen LogP contribution < -0.4 is 10.2 Å². The van der Waals surface area contributed by atoms with Crippen LogP contribution in [0.1, 0.15) is 18.4 Å². The highest BCUT2D eigenvalue weighted by Gasteiger charge is 2.61. The quantitative estimate of drug-likeness (QED) is 0.572. The molecule has 0 saturated carbocycles. The van der Waals surface area contributed by atoms with Crippen molar-refractivity contribution in [1.29, 1.82) is 0 Å². The Morgan fingerprint density at radius 2 is 2.17 bits per heavy atom. The first-order chi connectivity index (χ1) is 11.0. The molecule has 1 spiro atoms. The molecule has 23 heavy (non-hydrogen) atoms. The number of carbonyl (C=O) groups is 2. The van der Waals surface area contributed by atoms with E-state index in [2.05, 4.69) is 10.2 Å². The molecule has 7 heteroatoms. The first-order valence-corrected chi connectivity index (χ1v) is 8.43. The molecule has 0 aliphatic carbocycles. The van der Waals surface area contributed by atoms with E-state index in [9.17, 15) is 9.59 Å². The molecule has 1 N–H and O–H groups in total. The zero-order chi connectivity index (χ0) is 16.4. The number of benzene rings is 1. The van der Waals surface area contributed by atoms with Gasteiger partial charge in [-0.3, -0.25) is 14.5 Å². The van der Waals surface area contributed by atoms with Crippen LogP contribution >= 0.6 is 23.8 Å². The number of anilines is 1. The third-order valence-corrected chi connectivity index (χ3v) is 6.03. The molecule has 5 nitrogen and oxygen atoms in total. The third kappa shape index (κ3) is 1.82. The number of halogens is 1. The summed E-state index contributed by atoms with van der Waals surface area (Å²) >= 11 is 11.5. The average molecular weight is 350 g/mol. The maximum absolute atomic E-state index is 13.1. The van der Waals surface area contributed by atoms with Crippen molar-refractivity contribution in [2.45, 2.75) is 25.3 Å². The van der Waals surface area contributed by atoms with E-state index in [4.69, 9.17) is 23.8 Å². The van der Waals surface area contributed by atoms with Gasteiger partial charge in [0.1, 0.15) is 0 Å². The Morgan fingerprint density at radius 3 is 2.96 bits per heavy atom. The molecular formula is C16H16ClN3O2S. The van der Waals surface area contributed by atoms with Crippen LogP contribution in [0.5, 0.6) is 0 Å². The smallest absolute Gasteiger partial charge is 0.246 e. The molecule has 0 aromatic heterocycles. The second-order valence-electron chi connectivity index (χ2n) is 6.36. The number of rotatable bonds is 0. The summed E-state index contributed by atoms with van der Waals surface area (Å²) in [7, 11) is 1.62. The minimum atomic E-state index is -1.15. The first-order valence-electron chi connectivity index (χ1n) is 7.64. The molecule has 2 atom stereocenters. The topological polar surface area (TPSA) is 52.7 Å². The Hall–Kier alpha value is -1.66. The molecule has 3 heterocycles. The fraction of sp³-hybridized carbons (Fsp3) is 0.438. The van der Waals surface area contributed by atoms with Crippen LogP contribution in [0.25, 0.3) is 0 Å². The van der Waals surface area contributed by atoms with Crippen molar-refractivity contribution in [2.75, 3.05) is 18.5 Å². The van der Waals surface area contributed by atoms with E-state index < -0.39 is 5.41 Å². The molecule has 120 valence electrons. The van der Waals surface area contributed by atoms with Gasteiger partial charge in [-0.05, 0) is 42.8 Å². The van der Waals surface area contributed by atoms with Crippen LogP contribution in [0.15, 0.2) is 18.2 Å². The van der Waals surface area contributed by atoms with Crippen molar-refractivity contribution in [3.63, 3.8) is 0 Å². The number of amides is 2. The largest absolute Gasteiger partial charge is 0.367 e. The van der Waals surface area contributed by atoms with Crippen molar-refractivity contribution >= 4 is 46.4 Å². The van der Waals surface area contributed by atoms with E-state index in [1.165, 1.54) is 4.90 Å². The number of thiocarbonyl (C=S) groups is 1. The second kappa shape index (κ2) is 4.92. The van der Waals surface area contributed by atoms with Gasteiger partial charge in [-0.15, -0.1) is 0 Å². The fourth-order valence-electron chi connectivity index (χ4n) is 4.19. The van der Waals surface area contributed by atoms with Crippen molar-refractivity contribution in [3.05, 3.63) is 28.8 Å². The Kier molecular flexibility index (Phi) is 3.19. The number of hydrogen-bond acceptors (Lipinski definition) is 4. The fourth-order valence-corrected chi connectivity index (χ4v) is 4.60. The summed E-state index contributed by atoms with van der Waals surface area (Å²) in [5.41, 5.74) is 0.769. The normalized spacial score (nSPS) is 29.7. The average Bonchev–Trinajstić information content (AvgIpc) is 3.02. The van der Waals surface area contributed by atoms with E-state index in [0.717, 1.165) is 30.6 Å². The van der Waals surface area contributed by atoms with E-state index in [1.54, 1.807) is 7.05 Å². The molecule has 4 rings (SSSR count). The monoisotopic (exact) mass is 349 g/mol. The molecular weight excluding hydrogens is 334 g/mol. The highest BCUT2D eigenvalue weighted by molar-refractivity contribution is 7.80. The SMILES string of the molecule is CN1C(=O)[C@@]2(Cc3c(Cl)cccc3N3CCC[C@@H]32)C(=O)NC1=S. The number of nitrogens with zero attached hydrogens (tertiary/aromatic N) is 2. The van der Waals surface area contributed by atoms with Crippen LogP contribution in [0.4, 0.5) is 5.69 Å². The summed E-state index contributed by atoms with van der Waals surface area (Å²) in [5.74, 6) is -0.526. The number of carbonyl (C=O) groups excluding carboxylic acids is 2. The maximum Gasteiger partial charge on any atom is 0.246 e. The molecule has 1 aromatic rings. The van der Waals surface area contributed by atoms with Crippen LogP contribution in [0.3, 0.4) is 0 Å². The van der Waals surface area contributed by atoms with Gasteiger partial charge in [0.05, 0.1) is 6.04 Å². The molecule has 3 aliphatic heterocycles. The summed E-state index contributed by atoms with van der Waals surface area (Å²) < 4.78 is 0. The zero-order valence-corrected chi connectivity index (χ0v) is 14.2. The van der Waals surface area contributed by atoms with Crippen molar-refractivity contribution in [3.8, 4) is 0 Å². The van der Waals surface area contributed by atoms with Crippen LogP contribution in [0.2, 0.25) is 5.02 Å². The number of nitrogens with one attached hydrogen (secondary N) is 1. The van der Waals surface area contributed by atoms with E-state index in [0.29, 0.717) is 11.4 Å². The summed E-state index contributed by atoms with van der Waals surface area (Å²) in [6.45, 7) is 0.828. The molecule has 1 aromatic carbocycles. The Morgan fingerprint density at radius 1 is 1.39 bits per heavy atom. The van der Waals surface area contributed by atoms with Crippen LogP contribution in [-0.2, 0) is 16.0 Å². The summed E-state index contributed by atoms with van der Waals surface area (Å²) in [6.07, 6.45) is 2.08. The van der Waals surface area contributed by atoms with E-state index in [1.807, 2.05) is 18.2 Å². The molecule has 3 aliphatic rings. The summed E-state index contributed by atoms with van der Waals surface area (Å²) in [5, 5.41) is 3.48. The molecule has 0 unspecified atom stereocenters. The van der Waals surface area contributed by atoms with Gasteiger partial charge in [-0.25, -0.2) is 0 Å². The second-order valence-corrected chi connectivity index (χ2v) is 7.15. The lowest BCUT2D eigenvalue weighted by Crippen LogP contribution is -2.70. The summed E-state index contributed by atoms with van der Waals surface area (Å²) in [4.78, 5) is 29.5. The van der Waals surface area contributed by atoms with Crippen molar-refractivity contribution < 1.29 is 9.59 Å². The lowest BCUT2D eigenvalue weighted by molar-refractivity contribution is -0.151. The van der Waals surface area contributed by atoms with Gasteiger partial charge >= 0.3 is 0 Å². The highest BCUT2D eigenvalue weighted by atomic mass is 35.5. The minimum Gasteiger partial charge on any atom is -0.367 e. The molecule has 2 saturated heterocycles. The Bertz CT molecular complexity index is 753. The zero-order valence-electron chi connectivity index (χ0n) is 12.6. The first kappa shape index (κ1) is 14.9. The molecule has 0 bridgehead atoms. The van der Waals surface area contributed by atoms with E-state index in [-0.39, 0.29) is 23.0 Å². The number of fused-ring (bicyclic) bond motifs is 4. The van der Waals surface area contributed by atoms with Crippen LogP contribution in [-0.4, -0.2) is 41.5 Å². The predicted molar refractivity (Wildman–Crippen MR) is 91.5 cm³/mol. The standard InChI is InChI=1S/C16H16ClN3O2S/c1-19-14(22)16(13(21)18-15(19)23)8-9-10(17)4-2-5-11(9)20-7-3-6-12(16)20/h2,4-5,12H,3,6-8H2,1H3,(H,18,21,23)/t12-,16-/m1/s1. The predicted octanol–water partition coefficient (Wildman–Crippen LogP) is 1.72. The lowest BCUT2D eigenvalue weighted by Gasteiger charge is -2.49. The van der Waals surface area contributed by atoms with Gasteiger partial charge in [0, 0.05) is 30.7 Å². The van der Waals surface area contributed by atoms with Crippen molar-refractivity contribution in [2.24, 2.45) is 5.41 Å². The van der Waals surface area contributed by atoms with E-state index >= 15 is 0 Å². The van der Waals surface area contributed by atoms with Gasteiger partial charge in [-0.1, -0.05) is 17.7 Å². The summed E-state index contributed by atoms with van der Waals surface area (Å²) in [6, 6.07) is 5.60. The Labute approximate surface area is 144 Å². The molecule has 2 fully saturated rings. The third-order valence-electron chi connectivity index (χ3n) is 5.30. The van der Waals surface area contributed by atoms with Gasteiger partial charge in [-0.2, -0.15) is 0 Å². The maximum atomic E-state index is 13.1. The van der Waals surface area contributed by atoms with Gasteiger partial charge in [0.2, 0.25) is 11.8 Å². The molecule has 2 amide bonds. The highest BCUT2D eigenvalue weighted by Crippen LogP contribution is 2.49. The minimum absolute atomic E-state index is 0.147. The van der Waals surface area contributed by atoms with Gasteiger partial charge in [0.25, 0.3) is 0 Å². The molecule has 0 radical (unpaired) electrons. The number of hydrogen-bond donors (Lipinski definition) is 1. The van der Waals surface area contributed by atoms with Gasteiger partial charge in [0.15, 0.2) is 10.5 Å².